The van der Waals surface area contributed by atoms with Gasteiger partial charge in [0.1, 0.15) is 12.1 Å². The lowest BCUT2D eigenvalue weighted by Gasteiger charge is -2.23. The van der Waals surface area contributed by atoms with Crippen LogP contribution < -0.4 is 15.0 Å². The molecule has 1 aliphatic heterocycles. The first kappa shape index (κ1) is 29.9. The van der Waals surface area contributed by atoms with Crippen LogP contribution >= 0.6 is 11.8 Å². The largest absolute Gasteiger partial charge is 0.573 e. The van der Waals surface area contributed by atoms with Crippen LogP contribution in [-0.2, 0) is 0 Å². The second-order valence-electron chi connectivity index (χ2n) is 10.1. The molecule has 222 valence electrons. The Kier molecular flexibility index (Phi) is 8.58. The van der Waals surface area contributed by atoms with Crippen molar-refractivity contribution >= 4 is 34.2 Å². The quantitative estimate of drug-likeness (QED) is 0.246. The number of aryl methyl sites for hydroxylation is 3. The summed E-state index contributed by atoms with van der Waals surface area (Å²) >= 11 is 1.56. The number of nitrogens with one attached hydrogen (secondary N) is 1. The molecule has 2 heterocycles. The van der Waals surface area contributed by atoms with Gasteiger partial charge >= 0.3 is 12.4 Å². The third-order valence-corrected chi connectivity index (χ3v) is 7.67. The van der Waals surface area contributed by atoms with Crippen molar-refractivity contribution in [3.63, 3.8) is 0 Å². The zero-order chi connectivity index (χ0) is 30.7. The van der Waals surface area contributed by atoms with Gasteiger partial charge in [-0.2, -0.15) is 4.99 Å². The van der Waals surface area contributed by atoms with Gasteiger partial charge in [0.25, 0.3) is 0 Å². The van der Waals surface area contributed by atoms with Gasteiger partial charge in [0, 0.05) is 29.7 Å². The van der Waals surface area contributed by atoms with Crippen molar-refractivity contribution in [1.29, 1.82) is 0 Å². The molecule has 0 radical (unpaired) electrons. The van der Waals surface area contributed by atoms with Gasteiger partial charge < -0.3 is 15.0 Å². The van der Waals surface area contributed by atoms with Gasteiger partial charge in [-0.05, 0) is 74.2 Å². The van der Waals surface area contributed by atoms with Crippen molar-refractivity contribution in [3.05, 3.63) is 95.4 Å². The topological polar surface area (TPSA) is 84.6 Å². The highest BCUT2D eigenvalue weighted by Crippen LogP contribution is 2.32. The number of allylic oxidation sites excluding steroid dienone is 1. The first-order valence-corrected chi connectivity index (χ1v) is 14.4. The molecule has 0 spiro atoms. The Balaban J connectivity index is 1.23. The summed E-state index contributed by atoms with van der Waals surface area (Å²) in [7, 11) is 0. The summed E-state index contributed by atoms with van der Waals surface area (Å²) in [5.74, 6) is 0.993. The fourth-order valence-corrected chi connectivity index (χ4v) is 5.82. The van der Waals surface area contributed by atoms with Crippen LogP contribution in [0.3, 0.4) is 0 Å². The molecule has 8 nitrogen and oxygen atoms in total. The van der Waals surface area contributed by atoms with Crippen LogP contribution in [0.25, 0.3) is 22.6 Å². The van der Waals surface area contributed by atoms with E-state index in [1.54, 1.807) is 18.0 Å². The van der Waals surface area contributed by atoms with Crippen LogP contribution in [0.2, 0.25) is 0 Å². The van der Waals surface area contributed by atoms with Crippen molar-refractivity contribution in [2.75, 3.05) is 17.2 Å². The molecule has 0 saturated carbocycles. The molecule has 1 saturated heterocycles. The van der Waals surface area contributed by atoms with E-state index in [-0.39, 0.29) is 5.75 Å². The van der Waals surface area contributed by atoms with Crippen molar-refractivity contribution in [1.82, 2.24) is 20.1 Å². The Hall–Kier alpha value is -4.58. The summed E-state index contributed by atoms with van der Waals surface area (Å²) in [6.45, 7) is 8.90. The number of amides is 2. The van der Waals surface area contributed by atoms with E-state index in [2.05, 4.69) is 62.9 Å². The number of anilines is 1. The van der Waals surface area contributed by atoms with Gasteiger partial charge in [0.05, 0.1) is 5.69 Å². The molecule has 1 fully saturated rings. The van der Waals surface area contributed by atoms with E-state index in [1.807, 2.05) is 31.2 Å². The fraction of sp³-hybridized carbons (Fsp3) is 0.226. The molecule has 0 aliphatic carbocycles. The number of nitrogens with zero attached hydrogens (tertiary/aromatic N) is 5. The molecule has 3 aromatic carbocycles. The molecule has 43 heavy (non-hydrogen) atoms. The molecule has 5 rings (SSSR count). The summed E-state index contributed by atoms with van der Waals surface area (Å²) < 4.78 is 42.6. The number of hydrogen-bond acceptors (Lipinski definition) is 5. The van der Waals surface area contributed by atoms with Crippen LogP contribution in [-0.4, -0.2) is 44.6 Å². The van der Waals surface area contributed by atoms with E-state index in [0.29, 0.717) is 16.7 Å². The smallest absolute Gasteiger partial charge is 0.406 e. The number of benzene rings is 3. The number of hydrogen-bond donors (Lipinski definition) is 1. The van der Waals surface area contributed by atoms with Crippen LogP contribution in [0, 0.1) is 20.8 Å². The summed E-state index contributed by atoms with van der Waals surface area (Å²) in [6.07, 6.45) is -1.64. The SMILES string of the molecule is C/C(=C\NC(=O)/N=C1\SCCN1c1c(C)cc(C)cc1C)c1ccc(-c2ncn(-c3ccc(OC(F)(F)F)cc3)n2)cc1. The Morgan fingerprint density at radius 3 is 2.37 bits per heavy atom. The van der Waals surface area contributed by atoms with E-state index >= 15 is 0 Å². The van der Waals surface area contributed by atoms with Crippen molar-refractivity contribution in [2.45, 2.75) is 34.1 Å². The third kappa shape index (κ3) is 7.26. The lowest BCUT2D eigenvalue weighted by molar-refractivity contribution is -0.274. The minimum absolute atomic E-state index is 0.314. The van der Waals surface area contributed by atoms with Crippen LogP contribution in [0.15, 0.2) is 78.2 Å². The van der Waals surface area contributed by atoms with Crippen molar-refractivity contribution in [3.8, 4) is 22.8 Å². The van der Waals surface area contributed by atoms with Gasteiger partial charge in [-0.1, -0.05) is 53.7 Å². The van der Waals surface area contributed by atoms with E-state index in [1.165, 1.54) is 40.8 Å². The van der Waals surface area contributed by atoms with Gasteiger partial charge in [-0.15, -0.1) is 18.3 Å². The fourth-order valence-electron chi connectivity index (χ4n) is 4.87. The van der Waals surface area contributed by atoms with Gasteiger partial charge in [-0.25, -0.2) is 14.5 Å². The molecular weight excluding hydrogens is 577 g/mol. The van der Waals surface area contributed by atoms with Crippen LogP contribution in [0.1, 0.15) is 29.2 Å². The number of carbonyl (C=O) groups is 1. The Morgan fingerprint density at radius 1 is 1.05 bits per heavy atom. The average Bonchev–Trinajstić information content (AvgIpc) is 3.61. The number of alkyl halides is 3. The monoisotopic (exact) mass is 606 g/mol. The number of aromatic nitrogens is 3. The van der Waals surface area contributed by atoms with E-state index in [9.17, 15) is 18.0 Å². The van der Waals surface area contributed by atoms with Crippen molar-refractivity contribution in [2.24, 2.45) is 4.99 Å². The second-order valence-corrected chi connectivity index (χ2v) is 11.1. The second kappa shape index (κ2) is 12.3. The minimum Gasteiger partial charge on any atom is -0.406 e. The molecular formula is C31H29F3N6O2S. The highest BCUT2D eigenvalue weighted by molar-refractivity contribution is 8.14. The summed E-state index contributed by atoms with van der Waals surface area (Å²) in [5, 5.41) is 7.89. The Morgan fingerprint density at radius 2 is 1.72 bits per heavy atom. The van der Waals surface area contributed by atoms with E-state index < -0.39 is 12.4 Å². The highest BCUT2D eigenvalue weighted by Gasteiger charge is 2.31. The molecule has 12 heteroatoms. The average molecular weight is 607 g/mol. The zero-order valence-electron chi connectivity index (χ0n) is 23.9. The predicted molar refractivity (Wildman–Crippen MR) is 164 cm³/mol. The highest BCUT2D eigenvalue weighted by atomic mass is 32.2. The standard InChI is InChI=1S/C31H29F3N6O2S/c1-19-15-20(2)27(21(3)16-19)39-13-14-43-30(39)37-29(41)35-17-22(4)23-5-7-24(8-6-23)28-36-18-40(38-28)25-9-11-26(12-10-25)42-31(32,33)34/h5-12,15-18H,13-14H2,1-4H3,(H,35,41)/b22-17+,37-30-. The van der Waals surface area contributed by atoms with Gasteiger partial charge in [-0.3, -0.25) is 0 Å². The molecule has 4 aromatic rings. The number of amidine groups is 1. The Labute approximate surface area is 251 Å². The Bertz CT molecular complexity index is 1670. The van der Waals surface area contributed by atoms with E-state index in [0.717, 1.165) is 45.8 Å². The molecule has 0 unspecified atom stereocenters. The molecule has 2 amide bonds. The minimum atomic E-state index is -4.75. The van der Waals surface area contributed by atoms with Gasteiger partial charge in [0.2, 0.25) is 0 Å². The maximum Gasteiger partial charge on any atom is 0.573 e. The van der Waals surface area contributed by atoms with Crippen LogP contribution in [0.5, 0.6) is 5.75 Å². The number of thioether (sulfide) groups is 1. The number of rotatable bonds is 6. The number of ether oxygens (including phenoxy) is 1. The molecule has 1 N–H and O–H groups in total. The lowest BCUT2D eigenvalue weighted by Crippen LogP contribution is -2.27. The molecule has 1 aliphatic rings. The summed E-state index contributed by atoms with van der Waals surface area (Å²) in [4.78, 5) is 23.5. The molecule has 0 bridgehead atoms. The number of halogens is 3. The summed E-state index contributed by atoms with van der Waals surface area (Å²) in [5.41, 5.74) is 7.62. The first-order chi connectivity index (χ1) is 20.5. The van der Waals surface area contributed by atoms with E-state index in [4.69, 9.17) is 0 Å². The number of carbonyl (C=O) groups excluding carboxylic acids is 1. The maximum absolute atomic E-state index is 12.7. The van der Waals surface area contributed by atoms with Crippen LogP contribution in [0.4, 0.5) is 23.7 Å². The zero-order valence-corrected chi connectivity index (χ0v) is 24.8. The number of aliphatic imine (C=N–C) groups is 1. The maximum atomic E-state index is 12.7. The normalized spacial score (nSPS) is 14.8. The lowest BCUT2D eigenvalue weighted by atomic mass is 10.0. The molecule has 1 aromatic heterocycles. The van der Waals surface area contributed by atoms with Gasteiger partial charge in [0.15, 0.2) is 11.0 Å². The molecule has 0 atom stereocenters. The first-order valence-electron chi connectivity index (χ1n) is 13.4. The summed E-state index contributed by atoms with van der Waals surface area (Å²) in [6, 6.07) is 16.7. The van der Waals surface area contributed by atoms with Crippen molar-refractivity contribution < 1.29 is 22.7 Å². The third-order valence-electron chi connectivity index (χ3n) is 6.72. The predicted octanol–water partition coefficient (Wildman–Crippen LogP) is 7.44. The number of urea groups is 1.